The molecule has 4 nitrogen and oxygen atoms in total. The molecule has 0 spiro atoms. The number of carbonyl (C=O) groups is 1. The highest BCUT2D eigenvalue weighted by Gasteiger charge is 2.21. The van der Waals surface area contributed by atoms with Crippen LogP contribution in [0.1, 0.15) is 12.8 Å². The van der Waals surface area contributed by atoms with Crippen molar-refractivity contribution in [3.05, 3.63) is 28.7 Å². The number of piperidine rings is 1. The molecule has 92 valence electrons. The number of amides is 2. The van der Waals surface area contributed by atoms with Gasteiger partial charge in [0.05, 0.1) is 0 Å². The Kier molecular flexibility index (Phi) is 3.89. The maximum atomic E-state index is 11.0. The zero-order chi connectivity index (χ0) is 12.3. The molecule has 1 aromatic carbocycles. The van der Waals surface area contributed by atoms with E-state index in [1.807, 2.05) is 24.3 Å². The Hall–Kier alpha value is -1.23. The summed E-state index contributed by atoms with van der Waals surface area (Å²) in [5, 5.41) is 3.48. The van der Waals surface area contributed by atoms with Gasteiger partial charge in [-0.15, -0.1) is 0 Å². The molecule has 5 heteroatoms. The third kappa shape index (κ3) is 3.12. The molecule has 1 fully saturated rings. The van der Waals surface area contributed by atoms with Gasteiger partial charge in [-0.25, -0.2) is 4.79 Å². The van der Waals surface area contributed by atoms with Crippen molar-refractivity contribution >= 4 is 27.6 Å². The molecule has 0 saturated carbocycles. The molecule has 2 amide bonds. The summed E-state index contributed by atoms with van der Waals surface area (Å²) < 4.78 is 1.07. The second-order valence-corrected chi connectivity index (χ2v) is 5.08. The van der Waals surface area contributed by atoms with Gasteiger partial charge in [0, 0.05) is 29.3 Å². The number of nitrogens with two attached hydrogens (primary N) is 1. The predicted molar refractivity (Wildman–Crippen MR) is 71.9 cm³/mol. The van der Waals surface area contributed by atoms with Gasteiger partial charge in [0.2, 0.25) is 0 Å². The minimum Gasteiger partial charge on any atom is -0.381 e. The largest absolute Gasteiger partial charge is 0.381 e. The molecule has 17 heavy (non-hydrogen) atoms. The van der Waals surface area contributed by atoms with Crippen molar-refractivity contribution in [2.75, 3.05) is 18.4 Å². The predicted octanol–water partition coefficient (Wildman–Crippen LogP) is 2.40. The Morgan fingerprint density at radius 3 is 2.59 bits per heavy atom. The van der Waals surface area contributed by atoms with Crippen molar-refractivity contribution in [1.82, 2.24) is 4.90 Å². The van der Waals surface area contributed by atoms with Gasteiger partial charge >= 0.3 is 6.03 Å². The van der Waals surface area contributed by atoms with Gasteiger partial charge in [-0.3, -0.25) is 0 Å². The fourth-order valence-corrected chi connectivity index (χ4v) is 2.44. The number of halogens is 1. The Morgan fingerprint density at radius 2 is 2.00 bits per heavy atom. The van der Waals surface area contributed by atoms with Crippen molar-refractivity contribution in [2.45, 2.75) is 18.9 Å². The molecule has 3 N–H and O–H groups in total. The zero-order valence-electron chi connectivity index (χ0n) is 9.53. The molecule has 0 radical (unpaired) electrons. The van der Waals surface area contributed by atoms with Crippen LogP contribution in [-0.2, 0) is 0 Å². The van der Waals surface area contributed by atoms with Crippen molar-refractivity contribution in [3.63, 3.8) is 0 Å². The number of primary amides is 1. The average molecular weight is 298 g/mol. The standard InChI is InChI=1S/C12H16BrN3O/c13-10-3-1-2-4-11(10)15-9-5-7-16(8-6-9)12(14)17/h1-4,9,15H,5-8H2,(H2,14,17). The summed E-state index contributed by atoms with van der Waals surface area (Å²) >= 11 is 3.51. The quantitative estimate of drug-likeness (QED) is 0.881. The van der Waals surface area contributed by atoms with E-state index in [9.17, 15) is 4.79 Å². The van der Waals surface area contributed by atoms with Crippen LogP contribution in [0.4, 0.5) is 10.5 Å². The first-order valence-corrected chi connectivity index (χ1v) is 6.51. The smallest absolute Gasteiger partial charge is 0.314 e. The number of nitrogens with one attached hydrogen (secondary N) is 1. The third-order valence-corrected chi connectivity index (χ3v) is 3.73. The van der Waals surface area contributed by atoms with E-state index in [1.165, 1.54) is 0 Å². The highest BCUT2D eigenvalue weighted by Crippen LogP contribution is 2.24. The number of likely N-dealkylation sites (tertiary alicyclic amines) is 1. The van der Waals surface area contributed by atoms with Crippen molar-refractivity contribution in [3.8, 4) is 0 Å². The number of anilines is 1. The number of urea groups is 1. The first-order chi connectivity index (χ1) is 8.16. The second kappa shape index (κ2) is 5.40. The number of carbonyl (C=O) groups excluding carboxylic acids is 1. The van der Waals surface area contributed by atoms with Crippen molar-refractivity contribution in [1.29, 1.82) is 0 Å². The highest BCUT2D eigenvalue weighted by atomic mass is 79.9. The first kappa shape index (κ1) is 12.2. The Morgan fingerprint density at radius 1 is 1.35 bits per heavy atom. The van der Waals surface area contributed by atoms with Crippen LogP contribution in [0.2, 0.25) is 0 Å². The van der Waals surface area contributed by atoms with E-state index < -0.39 is 0 Å². The van der Waals surface area contributed by atoms with Gasteiger partial charge in [-0.2, -0.15) is 0 Å². The molecule has 0 aromatic heterocycles. The van der Waals surface area contributed by atoms with Gasteiger partial charge in [-0.1, -0.05) is 12.1 Å². The van der Waals surface area contributed by atoms with Crippen LogP contribution in [0.25, 0.3) is 0 Å². The van der Waals surface area contributed by atoms with Crippen LogP contribution in [0.3, 0.4) is 0 Å². The van der Waals surface area contributed by atoms with Crippen LogP contribution < -0.4 is 11.1 Å². The van der Waals surface area contributed by atoms with Crippen LogP contribution in [-0.4, -0.2) is 30.1 Å². The number of nitrogens with zero attached hydrogens (tertiary/aromatic N) is 1. The van der Waals surface area contributed by atoms with Gasteiger partial charge in [0.15, 0.2) is 0 Å². The molecular formula is C12H16BrN3O. The summed E-state index contributed by atoms with van der Waals surface area (Å²) in [6.07, 6.45) is 1.87. The van der Waals surface area contributed by atoms with E-state index in [-0.39, 0.29) is 6.03 Å². The summed E-state index contributed by atoms with van der Waals surface area (Å²) in [4.78, 5) is 12.7. The maximum absolute atomic E-state index is 11.0. The molecule has 0 aliphatic carbocycles. The molecule has 1 aromatic rings. The van der Waals surface area contributed by atoms with Gasteiger partial charge in [-0.05, 0) is 40.9 Å². The normalized spacial score (nSPS) is 16.9. The molecule has 1 heterocycles. The monoisotopic (exact) mass is 297 g/mol. The van der Waals surface area contributed by atoms with Crippen LogP contribution in [0.5, 0.6) is 0 Å². The summed E-state index contributed by atoms with van der Waals surface area (Å²) in [7, 11) is 0. The molecule has 1 saturated heterocycles. The lowest BCUT2D eigenvalue weighted by Gasteiger charge is -2.31. The summed E-state index contributed by atoms with van der Waals surface area (Å²) in [5.41, 5.74) is 6.35. The Labute approximate surface area is 109 Å². The molecule has 0 bridgehead atoms. The number of hydrogen-bond acceptors (Lipinski definition) is 2. The minimum absolute atomic E-state index is 0.315. The van der Waals surface area contributed by atoms with Crippen LogP contribution >= 0.6 is 15.9 Å². The van der Waals surface area contributed by atoms with E-state index in [1.54, 1.807) is 4.90 Å². The first-order valence-electron chi connectivity index (χ1n) is 5.72. The van der Waals surface area contributed by atoms with E-state index in [4.69, 9.17) is 5.73 Å². The van der Waals surface area contributed by atoms with Gasteiger partial charge in [0.25, 0.3) is 0 Å². The van der Waals surface area contributed by atoms with E-state index >= 15 is 0 Å². The molecule has 2 rings (SSSR count). The van der Waals surface area contributed by atoms with E-state index in [0.29, 0.717) is 6.04 Å². The van der Waals surface area contributed by atoms with Gasteiger partial charge in [0.1, 0.15) is 0 Å². The minimum atomic E-state index is -0.315. The van der Waals surface area contributed by atoms with Crippen LogP contribution in [0.15, 0.2) is 28.7 Å². The molecular weight excluding hydrogens is 282 g/mol. The summed E-state index contributed by atoms with van der Waals surface area (Å²) in [5.74, 6) is 0. The van der Waals surface area contributed by atoms with E-state index in [2.05, 4.69) is 21.2 Å². The Bertz CT molecular complexity index is 402. The lowest BCUT2D eigenvalue weighted by molar-refractivity contribution is 0.193. The lowest BCUT2D eigenvalue weighted by Crippen LogP contribution is -2.44. The fourth-order valence-electron chi connectivity index (χ4n) is 2.04. The third-order valence-electron chi connectivity index (χ3n) is 3.04. The number of benzene rings is 1. The topological polar surface area (TPSA) is 58.4 Å². The average Bonchev–Trinajstić information content (AvgIpc) is 2.33. The second-order valence-electron chi connectivity index (χ2n) is 4.22. The number of rotatable bonds is 2. The van der Waals surface area contributed by atoms with Crippen molar-refractivity contribution in [2.24, 2.45) is 5.73 Å². The SMILES string of the molecule is NC(=O)N1CCC(Nc2ccccc2Br)CC1. The molecule has 0 atom stereocenters. The Balaban J connectivity index is 1.90. The summed E-state index contributed by atoms with van der Waals surface area (Å²) in [6.45, 7) is 1.47. The molecule has 1 aliphatic rings. The number of para-hydroxylation sites is 1. The molecule has 1 aliphatic heterocycles. The highest BCUT2D eigenvalue weighted by molar-refractivity contribution is 9.10. The fraction of sp³-hybridized carbons (Fsp3) is 0.417. The van der Waals surface area contributed by atoms with Crippen molar-refractivity contribution < 1.29 is 4.79 Å². The van der Waals surface area contributed by atoms with Crippen LogP contribution in [0, 0.1) is 0 Å². The number of hydrogen-bond donors (Lipinski definition) is 2. The van der Waals surface area contributed by atoms with E-state index in [0.717, 1.165) is 36.1 Å². The maximum Gasteiger partial charge on any atom is 0.314 e. The zero-order valence-corrected chi connectivity index (χ0v) is 11.1. The summed E-state index contributed by atoms with van der Waals surface area (Å²) in [6, 6.07) is 8.15. The lowest BCUT2D eigenvalue weighted by atomic mass is 10.1. The molecule has 0 unspecified atom stereocenters. The van der Waals surface area contributed by atoms with Gasteiger partial charge < -0.3 is 16.0 Å².